The van der Waals surface area contributed by atoms with Crippen LogP contribution in [0.5, 0.6) is 0 Å². The summed E-state index contributed by atoms with van der Waals surface area (Å²) in [7, 11) is 1.76. The smallest absolute Gasteiger partial charge is 0.0700 e. The van der Waals surface area contributed by atoms with Crippen molar-refractivity contribution in [2.45, 2.75) is 57.7 Å². The summed E-state index contributed by atoms with van der Waals surface area (Å²) in [5.74, 6) is 1.27. The largest absolute Gasteiger partial charge is 0.391 e. The second-order valence-electron chi connectivity index (χ2n) is 6.07. The fraction of sp³-hybridized carbons (Fsp3) is 1.00. The van der Waals surface area contributed by atoms with Crippen LogP contribution in [0.25, 0.3) is 0 Å². The quantitative estimate of drug-likeness (QED) is 0.798. The van der Waals surface area contributed by atoms with E-state index in [9.17, 15) is 5.11 Å². The minimum absolute atomic E-state index is 0.147. The normalized spacial score (nSPS) is 38.6. The molecule has 2 rings (SSSR count). The zero-order chi connectivity index (χ0) is 12.4. The summed E-state index contributed by atoms with van der Waals surface area (Å²) in [6, 6.07) is 1.06. The zero-order valence-corrected chi connectivity index (χ0v) is 11.4. The van der Waals surface area contributed by atoms with Crippen molar-refractivity contribution >= 4 is 0 Å². The molecule has 0 saturated heterocycles. The Labute approximate surface area is 105 Å². The van der Waals surface area contributed by atoms with Gasteiger partial charge in [-0.05, 0) is 37.5 Å². The third kappa shape index (κ3) is 3.21. The van der Waals surface area contributed by atoms with E-state index in [0.29, 0.717) is 23.9 Å². The van der Waals surface area contributed by atoms with Crippen molar-refractivity contribution in [3.63, 3.8) is 0 Å². The lowest BCUT2D eigenvalue weighted by Gasteiger charge is -2.44. The molecule has 0 aromatic carbocycles. The Kier molecular flexibility index (Phi) is 4.45. The third-order valence-corrected chi connectivity index (χ3v) is 4.35. The monoisotopic (exact) mass is 241 g/mol. The van der Waals surface area contributed by atoms with Crippen molar-refractivity contribution in [2.75, 3.05) is 20.3 Å². The summed E-state index contributed by atoms with van der Waals surface area (Å²) in [5.41, 5.74) is 0. The van der Waals surface area contributed by atoms with Crippen LogP contribution < -0.4 is 0 Å². The zero-order valence-electron chi connectivity index (χ0n) is 11.4. The Morgan fingerprint density at radius 3 is 2.47 bits per heavy atom. The molecular weight excluding hydrogens is 214 g/mol. The highest BCUT2D eigenvalue weighted by molar-refractivity contribution is 4.96. The minimum Gasteiger partial charge on any atom is -0.391 e. The molecule has 0 amide bonds. The van der Waals surface area contributed by atoms with Gasteiger partial charge in [0, 0.05) is 25.7 Å². The van der Waals surface area contributed by atoms with E-state index >= 15 is 0 Å². The van der Waals surface area contributed by atoms with Gasteiger partial charge in [-0.1, -0.05) is 13.8 Å². The predicted octanol–water partition coefficient (Wildman–Crippen LogP) is 1.89. The summed E-state index contributed by atoms with van der Waals surface area (Å²) in [5, 5.41) is 10.4. The van der Waals surface area contributed by atoms with Gasteiger partial charge in [-0.2, -0.15) is 0 Å². The van der Waals surface area contributed by atoms with Crippen molar-refractivity contribution in [3.8, 4) is 0 Å². The van der Waals surface area contributed by atoms with Gasteiger partial charge >= 0.3 is 0 Å². The van der Waals surface area contributed by atoms with Crippen LogP contribution in [0, 0.1) is 11.8 Å². The number of aliphatic hydroxyl groups is 1. The second kappa shape index (κ2) is 5.68. The molecule has 2 aliphatic carbocycles. The van der Waals surface area contributed by atoms with Crippen LogP contribution in [-0.2, 0) is 4.74 Å². The lowest BCUT2D eigenvalue weighted by atomic mass is 9.77. The summed E-state index contributed by atoms with van der Waals surface area (Å²) in [4.78, 5) is 2.52. The molecule has 4 atom stereocenters. The minimum atomic E-state index is -0.147. The maximum atomic E-state index is 10.4. The molecule has 3 heteroatoms. The first-order chi connectivity index (χ1) is 8.13. The molecule has 0 aromatic heterocycles. The SMILES string of the molecule is COCCN(C1CC1)C1C(C)CC(C)CC1O. The Hall–Kier alpha value is -0.120. The Bertz CT molecular complexity index is 230. The van der Waals surface area contributed by atoms with Crippen molar-refractivity contribution in [1.29, 1.82) is 0 Å². The van der Waals surface area contributed by atoms with E-state index in [1.165, 1.54) is 19.3 Å². The average Bonchev–Trinajstić information content (AvgIpc) is 3.05. The van der Waals surface area contributed by atoms with Gasteiger partial charge in [0.25, 0.3) is 0 Å². The lowest BCUT2D eigenvalue weighted by molar-refractivity contribution is -0.0352. The van der Waals surface area contributed by atoms with E-state index in [0.717, 1.165) is 19.6 Å². The van der Waals surface area contributed by atoms with Crippen LogP contribution >= 0.6 is 0 Å². The van der Waals surface area contributed by atoms with Crippen molar-refractivity contribution in [3.05, 3.63) is 0 Å². The molecule has 100 valence electrons. The highest BCUT2D eigenvalue weighted by Crippen LogP contribution is 2.37. The summed E-state index contributed by atoms with van der Waals surface area (Å²) >= 11 is 0. The summed E-state index contributed by atoms with van der Waals surface area (Å²) in [6.45, 7) is 6.31. The van der Waals surface area contributed by atoms with Crippen LogP contribution in [-0.4, -0.2) is 48.5 Å². The van der Waals surface area contributed by atoms with Gasteiger partial charge in [0.15, 0.2) is 0 Å². The first-order valence-corrected chi connectivity index (χ1v) is 7.06. The maximum absolute atomic E-state index is 10.4. The summed E-state index contributed by atoms with van der Waals surface area (Å²) in [6.07, 6.45) is 4.67. The molecule has 0 bridgehead atoms. The number of nitrogens with zero attached hydrogens (tertiary/aromatic N) is 1. The molecule has 2 fully saturated rings. The summed E-state index contributed by atoms with van der Waals surface area (Å²) < 4.78 is 5.21. The standard InChI is InChI=1S/C14H27NO2/c1-10-8-11(2)14(13(16)9-10)15(6-7-17-3)12-4-5-12/h10-14,16H,4-9H2,1-3H3. The number of hydrogen-bond donors (Lipinski definition) is 1. The number of ether oxygens (including phenoxy) is 1. The van der Waals surface area contributed by atoms with Gasteiger partial charge in [-0.25, -0.2) is 0 Å². The molecule has 4 unspecified atom stereocenters. The van der Waals surface area contributed by atoms with E-state index in [2.05, 4.69) is 18.7 Å². The van der Waals surface area contributed by atoms with Crippen LogP contribution in [0.15, 0.2) is 0 Å². The molecular formula is C14H27NO2. The van der Waals surface area contributed by atoms with Crippen LogP contribution in [0.1, 0.15) is 39.5 Å². The van der Waals surface area contributed by atoms with Crippen molar-refractivity contribution < 1.29 is 9.84 Å². The number of rotatable bonds is 5. The molecule has 2 saturated carbocycles. The average molecular weight is 241 g/mol. The molecule has 3 nitrogen and oxygen atoms in total. The molecule has 17 heavy (non-hydrogen) atoms. The van der Waals surface area contributed by atoms with Crippen LogP contribution in [0.2, 0.25) is 0 Å². The van der Waals surface area contributed by atoms with Crippen molar-refractivity contribution in [2.24, 2.45) is 11.8 Å². The Morgan fingerprint density at radius 1 is 1.24 bits per heavy atom. The fourth-order valence-corrected chi connectivity index (χ4v) is 3.53. The van der Waals surface area contributed by atoms with Gasteiger partial charge in [-0.3, -0.25) is 4.90 Å². The topological polar surface area (TPSA) is 32.7 Å². The van der Waals surface area contributed by atoms with E-state index in [-0.39, 0.29) is 6.10 Å². The molecule has 0 radical (unpaired) electrons. The highest BCUT2D eigenvalue weighted by Gasteiger charge is 2.42. The molecule has 0 aromatic rings. The predicted molar refractivity (Wildman–Crippen MR) is 69.0 cm³/mol. The lowest BCUT2D eigenvalue weighted by Crippen LogP contribution is -2.53. The van der Waals surface area contributed by atoms with Gasteiger partial charge in [0.2, 0.25) is 0 Å². The molecule has 1 N–H and O–H groups in total. The molecule has 0 spiro atoms. The first kappa shape index (κ1) is 13.3. The van der Waals surface area contributed by atoms with Gasteiger partial charge < -0.3 is 9.84 Å². The van der Waals surface area contributed by atoms with E-state index < -0.39 is 0 Å². The highest BCUT2D eigenvalue weighted by atomic mass is 16.5. The molecule has 0 heterocycles. The van der Waals surface area contributed by atoms with Gasteiger partial charge in [0.05, 0.1) is 12.7 Å². The van der Waals surface area contributed by atoms with Gasteiger partial charge in [0.1, 0.15) is 0 Å². The van der Waals surface area contributed by atoms with Gasteiger partial charge in [-0.15, -0.1) is 0 Å². The van der Waals surface area contributed by atoms with Crippen LogP contribution in [0.3, 0.4) is 0 Å². The fourth-order valence-electron chi connectivity index (χ4n) is 3.53. The molecule has 0 aliphatic heterocycles. The van der Waals surface area contributed by atoms with E-state index in [1.807, 2.05) is 0 Å². The Morgan fingerprint density at radius 2 is 1.94 bits per heavy atom. The van der Waals surface area contributed by atoms with E-state index in [4.69, 9.17) is 4.74 Å². The van der Waals surface area contributed by atoms with Crippen molar-refractivity contribution in [1.82, 2.24) is 4.90 Å². The first-order valence-electron chi connectivity index (χ1n) is 7.06. The second-order valence-corrected chi connectivity index (χ2v) is 6.07. The number of methoxy groups -OCH3 is 1. The maximum Gasteiger partial charge on any atom is 0.0700 e. The number of aliphatic hydroxyl groups excluding tert-OH is 1. The number of hydrogen-bond acceptors (Lipinski definition) is 3. The molecule has 2 aliphatic rings. The van der Waals surface area contributed by atoms with Crippen LogP contribution in [0.4, 0.5) is 0 Å². The third-order valence-electron chi connectivity index (χ3n) is 4.35. The van der Waals surface area contributed by atoms with E-state index in [1.54, 1.807) is 7.11 Å². The Balaban J connectivity index is 2.00.